The molecule has 4 atom stereocenters. The zero-order chi connectivity index (χ0) is 53.5. The Hall–Kier alpha value is -3.93. The summed E-state index contributed by atoms with van der Waals surface area (Å²) < 4.78 is 11.3. The molecule has 0 aromatic carbocycles. The summed E-state index contributed by atoms with van der Waals surface area (Å²) in [5.74, 6) is -6.58. The number of esters is 2. The number of nitrogens with two attached hydrogens (primary N) is 2. The Bertz CT molecular complexity index is 1470. The fourth-order valence-corrected chi connectivity index (χ4v) is 9.17. The molecule has 0 spiro atoms. The summed E-state index contributed by atoms with van der Waals surface area (Å²) in [5, 5.41) is 25.2. The molecular formula is C54H99N5O12S. The Morgan fingerprint density at radius 1 is 0.500 bits per heavy atom. The van der Waals surface area contributed by atoms with Gasteiger partial charge in [0.15, 0.2) is 0 Å². The summed E-state index contributed by atoms with van der Waals surface area (Å²) in [6.45, 7) is 3.74. The van der Waals surface area contributed by atoms with Gasteiger partial charge in [0.05, 0.1) is 12.6 Å². The second-order valence-electron chi connectivity index (χ2n) is 19.5. The smallest absolute Gasteiger partial charge is 0.326 e. The van der Waals surface area contributed by atoms with E-state index in [1.54, 1.807) is 0 Å². The lowest BCUT2D eigenvalue weighted by Crippen LogP contribution is -2.54. The predicted molar refractivity (Wildman–Crippen MR) is 285 cm³/mol. The zero-order valence-corrected chi connectivity index (χ0v) is 45.5. The third-order valence-electron chi connectivity index (χ3n) is 12.7. The minimum atomic E-state index is -1.57. The number of aliphatic carboxylic acids is 2. The molecule has 0 heterocycles. The Balaban J connectivity index is 4.96. The first-order chi connectivity index (χ1) is 34.7. The van der Waals surface area contributed by atoms with Crippen LogP contribution in [0.25, 0.3) is 0 Å². The molecule has 0 aromatic heterocycles. The third-order valence-corrected chi connectivity index (χ3v) is 13.9. The maximum atomic E-state index is 12.9. The van der Waals surface area contributed by atoms with Crippen LogP contribution in [0.5, 0.6) is 0 Å². The van der Waals surface area contributed by atoms with Crippen molar-refractivity contribution in [3.63, 3.8) is 0 Å². The van der Waals surface area contributed by atoms with Crippen LogP contribution in [0, 0.1) is 0 Å². The maximum Gasteiger partial charge on any atom is 0.326 e. The molecule has 18 heteroatoms. The summed E-state index contributed by atoms with van der Waals surface area (Å²) in [6, 6.07) is -4.10. The number of carboxylic acids is 2. The van der Waals surface area contributed by atoms with E-state index in [2.05, 4.69) is 29.8 Å². The number of thioether (sulfide) groups is 1. The topological polar surface area (TPSA) is 284 Å². The third kappa shape index (κ3) is 43.6. The molecule has 0 bridgehead atoms. The van der Waals surface area contributed by atoms with Crippen LogP contribution in [-0.2, 0) is 47.8 Å². The first-order valence-electron chi connectivity index (χ1n) is 28.0. The largest absolute Gasteiger partial charge is 0.481 e. The van der Waals surface area contributed by atoms with E-state index in [0.717, 1.165) is 44.9 Å². The van der Waals surface area contributed by atoms with Crippen molar-refractivity contribution in [2.75, 3.05) is 24.7 Å². The number of hydrogen-bond donors (Lipinski definition) is 7. The molecule has 0 fully saturated rings. The second-order valence-corrected chi connectivity index (χ2v) is 20.6. The van der Waals surface area contributed by atoms with E-state index in [4.69, 9.17) is 26.0 Å². The molecule has 72 heavy (non-hydrogen) atoms. The summed E-state index contributed by atoms with van der Waals surface area (Å²) in [4.78, 5) is 98.1. The van der Waals surface area contributed by atoms with E-state index in [9.17, 15) is 43.5 Å². The molecule has 9 N–H and O–H groups in total. The summed E-state index contributed by atoms with van der Waals surface area (Å²) in [5.41, 5.74) is 11.3. The lowest BCUT2D eigenvalue weighted by molar-refractivity contribution is -0.157. The second kappa shape index (κ2) is 48.0. The van der Waals surface area contributed by atoms with Gasteiger partial charge in [0.2, 0.25) is 23.6 Å². The number of carboxylic acid groups (broad SMARTS) is 2. The number of amides is 4. The molecule has 418 valence electrons. The van der Waals surface area contributed by atoms with Gasteiger partial charge in [-0.05, 0) is 25.7 Å². The predicted octanol–water partition coefficient (Wildman–Crippen LogP) is 9.33. The number of carbonyl (C=O) groups is 8. The average molecular weight is 1040 g/mol. The molecule has 0 aliphatic carbocycles. The van der Waals surface area contributed by atoms with E-state index in [1.165, 1.54) is 153 Å². The fraction of sp³-hybridized carbons (Fsp3) is 0.852. The van der Waals surface area contributed by atoms with E-state index < -0.39 is 79.2 Å². The van der Waals surface area contributed by atoms with Crippen LogP contribution in [0.3, 0.4) is 0 Å². The molecule has 0 unspecified atom stereocenters. The number of carbonyl (C=O) groups excluding carboxylic acids is 6. The van der Waals surface area contributed by atoms with Crippen LogP contribution < -0.4 is 27.4 Å². The fourth-order valence-electron chi connectivity index (χ4n) is 8.20. The van der Waals surface area contributed by atoms with E-state index in [-0.39, 0.29) is 55.7 Å². The van der Waals surface area contributed by atoms with Crippen molar-refractivity contribution in [3.8, 4) is 0 Å². The summed E-state index contributed by atoms with van der Waals surface area (Å²) in [7, 11) is 0. The molecule has 0 saturated heterocycles. The van der Waals surface area contributed by atoms with Gasteiger partial charge in [-0.15, -0.1) is 0 Å². The van der Waals surface area contributed by atoms with Gasteiger partial charge in [0, 0.05) is 37.2 Å². The van der Waals surface area contributed by atoms with Gasteiger partial charge >= 0.3 is 23.9 Å². The molecule has 0 saturated carbocycles. The number of nitrogens with one attached hydrogen (secondary N) is 3. The lowest BCUT2D eigenvalue weighted by Gasteiger charge is -2.21. The van der Waals surface area contributed by atoms with Crippen molar-refractivity contribution in [2.24, 2.45) is 11.5 Å². The number of primary amides is 1. The lowest BCUT2D eigenvalue weighted by atomic mass is 10.0. The molecule has 0 radical (unpaired) electrons. The van der Waals surface area contributed by atoms with Crippen LogP contribution in [0.15, 0.2) is 0 Å². The van der Waals surface area contributed by atoms with Crippen LogP contribution >= 0.6 is 11.8 Å². The molecule has 0 aromatic rings. The number of ether oxygens (including phenoxy) is 2. The Kier molecular flexibility index (Phi) is 45.4. The Morgan fingerprint density at radius 2 is 0.917 bits per heavy atom. The van der Waals surface area contributed by atoms with Crippen LogP contribution in [0.1, 0.15) is 245 Å². The molecule has 0 rings (SSSR count). The number of hydrogen-bond acceptors (Lipinski definition) is 12. The normalized spacial score (nSPS) is 12.8. The first-order valence-corrected chi connectivity index (χ1v) is 29.1. The van der Waals surface area contributed by atoms with Gasteiger partial charge in [-0.2, -0.15) is 11.8 Å². The highest BCUT2D eigenvalue weighted by Crippen LogP contribution is 2.17. The van der Waals surface area contributed by atoms with Gasteiger partial charge in [-0.1, -0.05) is 194 Å². The minimum Gasteiger partial charge on any atom is -0.481 e. The van der Waals surface area contributed by atoms with E-state index in [0.29, 0.717) is 6.42 Å². The van der Waals surface area contributed by atoms with Gasteiger partial charge in [0.25, 0.3) is 0 Å². The van der Waals surface area contributed by atoms with Crippen LogP contribution in [0.4, 0.5) is 0 Å². The van der Waals surface area contributed by atoms with E-state index in [1.807, 2.05) is 0 Å². The van der Waals surface area contributed by atoms with Crippen molar-refractivity contribution in [1.29, 1.82) is 0 Å². The van der Waals surface area contributed by atoms with E-state index >= 15 is 0 Å². The first kappa shape index (κ1) is 68.1. The molecule has 4 amide bonds. The highest BCUT2D eigenvalue weighted by molar-refractivity contribution is 7.99. The number of rotatable bonds is 52. The Labute approximate surface area is 437 Å². The van der Waals surface area contributed by atoms with Crippen LogP contribution in [-0.4, -0.2) is 107 Å². The van der Waals surface area contributed by atoms with Crippen molar-refractivity contribution in [2.45, 2.75) is 269 Å². The molecule has 0 aliphatic rings. The monoisotopic (exact) mass is 1040 g/mol. The van der Waals surface area contributed by atoms with Gasteiger partial charge < -0.3 is 47.1 Å². The standard InChI is InChI=1S/C54H99N5O12S/c1-3-5-7-9-11-13-15-17-19-21-23-25-27-29-31-33-50(64)70-40-43(71-51(65)34-32-30-28-26-24-22-20-18-16-14-12-10-8-6-4-2)41-72-42-44(55)52(66)57-39-48(61)58-45(35-37-47(56)60)53(67)59-46(54(68)69)36-38-49(62)63/h43-46H,3-42,55H2,1-2H3,(H2,56,60)(H,57,66)(H,58,61)(H,59,67)(H,62,63)(H,68,69)/t43-,44+,45+,46+/m1/s1. The zero-order valence-electron chi connectivity index (χ0n) is 44.6. The summed E-state index contributed by atoms with van der Waals surface area (Å²) in [6.07, 6.45) is 34.7. The highest BCUT2D eigenvalue weighted by atomic mass is 32.2. The Morgan fingerprint density at radius 3 is 1.33 bits per heavy atom. The SMILES string of the molecule is CCCCCCCCCCCCCCCCCC(=O)OC[C@H](CSC[C@H](N)C(=O)NCC(=O)N[C@@H](CCC(N)=O)C(=O)N[C@@H](CCC(=O)O)C(=O)O)OC(=O)CCCCCCCCCCCCCCCCC. The highest BCUT2D eigenvalue weighted by Gasteiger charge is 2.28. The minimum absolute atomic E-state index is 0.0597. The molecule has 17 nitrogen and oxygen atoms in total. The molecule has 0 aliphatic heterocycles. The van der Waals surface area contributed by atoms with Crippen LogP contribution in [0.2, 0.25) is 0 Å². The average Bonchev–Trinajstić information content (AvgIpc) is 3.34. The van der Waals surface area contributed by atoms with Crippen molar-refractivity contribution in [3.05, 3.63) is 0 Å². The quantitative estimate of drug-likeness (QED) is 0.0221. The maximum absolute atomic E-state index is 12.9. The van der Waals surface area contributed by atoms with Crippen molar-refractivity contribution < 1.29 is 58.0 Å². The van der Waals surface area contributed by atoms with Gasteiger partial charge in [-0.25, -0.2) is 4.79 Å². The van der Waals surface area contributed by atoms with Gasteiger partial charge in [-0.3, -0.25) is 33.6 Å². The van der Waals surface area contributed by atoms with Crippen molar-refractivity contribution in [1.82, 2.24) is 16.0 Å². The van der Waals surface area contributed by atoms with Gasteiger partial charge in [0.1, 0.15) is 24.8 Å². The number of unbranched alkanes of at least 4 members (excludes halogenated alkanes) is 28. The summed E-state index contributed by atoms with van der Waals surface area (Å²) >= 11 is 1.22. The molecular weight excluding hydrogens is 943 g/mol. The van der Waals surface area contributed by atoms with Crippen molar-refractivity contribution >= 4 is 59.3 Å².